The molecule has 0 unspecified atom stereocenters. The van der Waals surface area contributed by atoms with E-state index in [-0.39, 0.29) is 5.78 Å². The van der Waals surface area contributed by atoms with Crippen molar-refractivity contribution < 1.29 is 4.79 Å². The van der Waals surface area contributed by atoms with Gasteiger partial charge in [-0.25, -0.2) is 4.98 Å². The molecule has 1 aromatic carbocycles. The van der Waals surface area contributed by atoms with E-state index in [1.54, 1.807) is 6.20 Å². The Balaban J connectivity index is 2.07. The Hall–Kier alpha value is -1.90. The molecular formula is C16H20N2O. The molecule has 0 amide bonds. The Bertz CT molecular complexity index is 584. The van der Waals surface area contributed by atoms with E-state index in [1.807, 2.05) is 10.8 Å². The second kappa shape index (κ2) is 5.83. The van der Waals surface area contributed by atoms with Crippen LogP contribution >= 0.6 is 0 Å². The minimum atomic E-state index is 0.217. The van der Waals surface area contributed by atoms with Crippen LogP contribution in [0.5, 0.6) is 0 Å². The molecule has 0 atom stereocenters. The lowest BCUT2D eigenvalue weighted by Gasteiger charge is -2.07. The molecule has 0 saturated carbocycles. The average Bonchev–Trinajstić information content (AvgIpc) is 2.81. The summed E-state index contributed by atoms with van der Waals surface area (Å²) in [6, 6.07) is 6.25. The van der Waals surface area contributed by atoms with Crippen molar-refractivity contribution in [3.8, 4) is 0 Å². The molecule has 3 nitrogen and oxygen atoms in total. The van der Waals surface area contributed by atoms with Crippen LogP contribution in [0.25, 0.3) is 0 Å². The van der Waals surface area contributed by atoms with Crippen LogP contribution in [0.1, 0.15) is 29.4 Å². The van der Waals surface area contributed by atoms with Crippen molar-refractivity contribution in [2.75, 3.05) is 0 Å². The fraction of sp³-hybridized carbons (Fsp3) is 0.375. The van der Waals surface area contributed by atoms with Crippen LogP contribution in [0.15, 0.2) is 30.6 Å². The molecule has 1 aromatic heterocycles. The molecule has 1 heterocycles. The molecule has 0 radical (unpaired) electrons. The summed E-state index contributed by atoms with van der Waals surface area (Å²) in [5.41, 5.74) is 3.50. The summed E-state index contributed by atoms with van der Waals surface area (Å²) in [6.45, 7) is 7.01. The molecule has 2 rings (SSSR count). The highest BCUT2D eigenvalue weighted by molar-refractivity contribution is 5.82. The maximum absolute atomic E-state index is 12.2. The van der Waals surface area contributed by atoms with Crippen molar-refractivity contribution in [1.82, 2.24) is 9.55 Å². The fourth-order valence-electron chi connectivity index (χ4n) is 2.24. The van der Waals surface area contributed by atoms with Crippen LogP contribution in [-0.4, -0.2) is 15.3 Å². The molecule has 0 N–H and O–H groups in total. The summed E-state index contributed by atoms with van der Waals surface area (Å²) >= 11 is 0. The van der Waals surface area contributed by atoms with Crippen LogP contribution in [0.3, 0.4) is 0 Å². The van der Waals surface area contributed by atoms with E-state index in [4.69, 9.17) is 0 Å². The second-order valence-electron chi connectivity index (χ2n) is 4.95. The molecule has 0 saturated heterocycles. The van der Waals surface area contributed by atoms with Crippen LogP contribution in [0, 0.1) is 13.8 Å². The molecule has 0 aliphatic rings. The van der Waals surface area contributed by atoms with Crippen LogP contribution in [0.2, 0.25) is 0 Å². The minimum absolute atomic E-state index is 0.217. The summed E-state index contributed by atoms with van der Waals surface area (Å²) < 4.78 is 2.01. The minimum Gasteiger partial charge on any atom is -0.335 e. The zero-order valence-corrected chi connectivity index (χ0v) is 11.8. The molecule has 19 heavy (non-hydrogen) atoms. The number of ketones is 1. The highest BCUT2D eigenvalue weighted by Gasteiger charge is 2.10. The molecule has 0 spiro atoms. The van der Waals surface area contributed by atoms with E-state index in [0.717, 1.165) is 17.9 Å². The smallest absolute Gasteiger partial charge is 0.144 e. The average molecular weight is 256 g/mol. The van der Waals surface area contributed by atoms with E-state index in [1.165, 1.54) is 11.1 Å². The summed E-state index contributed by atoms with van der Waals surface area (Å²) in [7, 11) is 0. The number of imidazole rings is 1. The Morgan fingerprint density at radius 1 is 1.26 bits per heavy atom. The number of aromatic nitrogens is 2. The number of rotatable bonds is 5. The first kappa shape index (κ1) is 13.5. The molecule has 0 aliphatic carbocycles. The highest BCUT2D eigenvalue weighted by atomic mass is 16.1. The fourth-order valence-corrected chi connectivity index (χ4v) is 2.24. The number of hydrogen-bond acceptors (Lipinski definition) is 2. The van der Waals surface area contributed by atoms with Crippen molar-refractivity contribution in [2.24, 2.45) is 0 Å². The van der Waals surface area contributed by atoms with Gasteiger partial charge in [-0.1, -0.05) is 23.8 Å². The molecule has 3 heteroatoms. The second-order valence-corrected chi connectivity index (χ2v) is 4.95. The number of carbonyl (C=O) groups excluding carboxylic acids is 1. The van der Waals surface area contributed by atoms with Crippen molar-refractivity contribution in [1.29, 1.82) is 0 Å². The van der Waals surface area contributed by atoms with Gasteiger partial charge in [0.1, 0.15) is 11.6 Å². The third-order valence-corrected chi connectivity index (χ3v) is 3.39. The SMILES string of the molecule is CCn1ccnc1CC(=O)Cc1cc(C)ccc1C. The van der Waals surface area contributed by atoms with Crippen molar-refractivity contribution >= 4 is 5.78 Å². The third kappa shape index (κ3) is 3.31. The lowest BCUT2D eigenvalue weighted by molar-refractivity contribution is -0.117. The number of aryl methyl sites for hydroxylation is 3. The Kier molecular flexibility index (Phi) is 4.15. The van der Waals surface area contributed by atoms with Gasteiger partial charge in [0.15, 0.2) is 0 Å². The third-order valence-electron chi connectivity index (χ3n) is 3.39. The number of carbonyl (C=O) groups is 1. The van der Waals surface area contributed by atoms with Crippen molar-refractivity contribution in [2.45, 2.75) is 40.2 Å². The van der Waals surface area contributed by atoms with Gasteiger partial charge in [-0.15, -0.1) is 0 Å². The summed E-state index contributed by atoms with van der Waals surface area (Å²) in [6.07, 6.45) is 4.57. The van der Waals surface area contributed by atoms with Crippen molar-refractivity contribution in [3.05, 3.63) is 53.1 Å². The zero-order chi connectivity index (χ0) is 13.8. The largest absolute Gasteiger partial charge is 0.335 e. The summed E-state index contributed by atoms with van der Waals surface area (Å²) in [5, 5.41) is 0. The standard InChI is InChI=1S/C16H20N2O/c1-4-18-8-7-17-16(18)11-15(19)10-14-9-12(2)5-6-13(14)3/h5-9H,4,10-11H2,1-3H3. The first-order valence-electron chi connectivity index (χ1n) is 6.68. The first-order chi connectivity index (χ1) is 9.10. The predicted octanol–water partition coefficient (Wildman–Crippen LogP) is 2.87. The molecule has 0 bridgehead atoms. The van der Waals surface area contributed by atoms with E-state index >= 15 is 0 Å². The summed E-state index contributed by atoms with van der Waals surface area (Å²) in [5.74, 6) is 1.08. The number of nitrogens with zero attached hydrogens (tertiary/aromatic N) is 2. The maximum Gasteiger partial charge on any atom is 0.144 e. The monoisotopic (exact) mass is 256 g/mol. The molecular weight excluding hydrogens is 236 g/mol. The molecule has 100 valence electrons. The van der Waals surface area contributed by atoms with Gasteiger partial charge in [-0.3, -0.25) is 4.79 Å². The Morgan fingerprint density at radius 2 is 2.05 bits per heavy atom. The van der Waals surface area contributed by atoms with Crippen LogP contribution in [-0.2, 0) is 24.2 Å². The van der Waals surface area contributed by atoms with Crippen LogP contribution < -0.4 is 0 Å². The topological polar surface area (TPSA) is 34.9 Å². The number of Topliss-reactive ketones (excluding diaryl/α,β-unsaturated/α-hetero) is 1. The Morgan fingerprint density at radius 3 is 2.79 bits per heavy atom. The lowest BCUT2D eigenvalue weighted by atomic mass is 10.00. The van der Waals surface area contributed by atoms with Gasteiger partial charge in [0, 0.05) is 25.4 Å². The first-order valence-corrected chi connectivity index (χ1v) is 6.68. The van der Waals surface area contributed by atoms with E-state index < -0.39 is 0 Å². The van der Waals surface area contributed by atoms with Gasteiger partial charge in [-0.05, 0) is 31.9 Å². The quantitative estimate of drug-likeness (QED) is 0.824. The number of hydrogen-bond donors (Lipinski definition) is 0. The maximum atomic E-state index is 12.2. The van der Waals surface area contributed by atoms with E-state index in [9.17, 15) is 4.79 Å². The van der Waals surface area contributed by atoms with Crippen LogP contribution in [0.4, 0.5) is 0 Å². The van der Waals surface area contributed by atoms with Gasteiger partial charge >= 0.3 is 0 Å². The predicted molar refractivity (Wildman–Crippen MR) is 76.2 cm³/mol. The van der Waals surface area contributed by atoms with E-state index in [0.29, 0.717) is 12.8 Å². The van der Waals surface area contributed by atoms with Gasteiger partial charge in [0.25, 0.3) is 0 Å². The molecule has 2 aromatic rings. The normalized spacial score (nSPS) is 10.7. The van der Waals surface area contributed by atoms with Gasteiger partial charge < -0.3 is 4.57 Å². The van der Waals surface area contributed by atoms with Crippen molar-refractivity contribution in [3.63, 3.8) is 0 Å². The summed E-state index contributed by atoms with van der Waals surface area (Å²) in [4.78, 5) is 16.4. The van der Waals surface area contributed by atoms with Gasteiger partial charge in [0.05, 0.1) is 6.42 Å². The van der Waals surface area contributed by atoms with Gasteiger partial charge in [-0.2, -0.15) is 0 Å². The lowest BCUT2D eigenvalue weighted by Crippen LogP contribution is -2.12. The molecule has 0 aliphatic heterocycles. The zero-order valence-electron chi connectivity index (χ0n) is 11.8. The highest BCUT2D eigenvalue weighted by Crippen LogP contribution is 2.12. The Labute approximate surface area is 114 Å². The molecule has 0 fully saturated rings. The van der Waals surface area contributed by atoms with Gasteiger partial charge in [0.2, 0.25) is 0 Å². The van der Waals surface area contributed by atoms with E-state index in [2.05, 4.69) is 44.0 Å². The number of benzene rings is 1.